The second kappa shape index (κ2) is 7.88. The van der Waals surface area contributed by atoms with Crippen LogP contribution in [0.4, 0.5) is 0 Å². The molecule has 116 valence electrons. The fourth-order valence-corrected chi connectivity index (χ4v) is 3.37. The molecule has 0 fully saturated rings. The molecule has 1 atom stereocenters. The second-order valence-corrected chi connectivity index (χ2v) is 6.42. The SMILES string of the molecule is C=CCNC(=O)C(=O)NCc1ccc(C(O)c2ccsc2)s1. The molecule has 2 aromatic rings. The standard InChI is InChI=1S/C15H16N2O3S2/c1-2-6-16-14(19)15(20)17-8-11-3-4-12(22-11)13(18)10-5-7-21-9-10/h2-5,7,9,13,18H,1,6,8H2,(H,16,19)(H,17,20). The highest BCUT2D eigenvalue weighted by atomic mass is 32.1. The topological polar surface area (TPSA) is 78.4 Å². The largest absolute Gasteiger partial charge is 0.383 e. The first-order chi connectivity index (χ1) is 10.6. The summed E-state index contributed by atoms with van der Waals surface area (Å²) >= 11 is 2.93. The molecule has 2 rings (SSSR count). The molecule has 2 aromatic heterocycles. The van der Waals surface area contributed by atoms with Crippen LogP contribution in [-0.4, -0.2) is 23.5 Å². The number of hydrogen-bond donors (Lipinski definition) is 3. The van der Waals surface area contributed by atoms with Crippen molar-refractivity contribution in [3.8, 4) is 0 Å². The molecule has 0 bridgehead atoms. The molecule has 7 heteroatoms. The van der Waals surface area contributed by atoms with Crippen molar-refractivity contribution in [1.82, 2.24) is 10.6 Å². The molecule has 22 heavy (non-hydrogen) atoms. The van der Waals surface area contributed by atoms with Gasteiger partial charge in [0.2, 0.25) is 0 Å². The first-order valence-corrected chi connectivity index (χ1v) is 8.33. The Kier molecular flexibility index (Phi) is 5.88. The number of aliphatic hydroxyl groups excluding tert-OH is 1. The van der Waals surface area contributed by atoms with E-state index in [1.807, 2.05) is 29.0 Å². The van der Waals surface area contributed by atoms with E-state index < -0.39 is 17.9 Å². The zero-order chi connectivity index (χ0) is 15.9. The molecule has 0 aliphatic rings. The molecule has 3 N–H and O–H groups in total. The van der Waals surface area contributed by atoms with E-state index in [0.717, 1.165) is 15.3 Å². The van der Waals surface area contributed by atoms with Crippen LogP contribution >= 0.6 is 22.7 Å². The van der Waals surface area contributed by atoms with E-state index >= 15 is 0 Å². The summed E-state index contributed by atoms with van der Waals surface area (Å²) in [7, 11) is 0. The van der Waals surface area contributed by atoms with Gasteiger partial charge in [0.15, 0.2) is 0 Å². The number of aliphatic hydroxyl groups is 1. The van der Waals surface area contributed by atoms with Crippen LogP contribution in [0.25, 0.3) is 0 Å². The van der Waals surface area contributed by atoms with E-state index in [2.05, 4.69) is 17.2 Å². The molecule has 0 spiro atoms. The van der Waals surface area contributed by atoms with Crippen molar-refractivity contribution in [3.63, 3.8) is 0 Å². The third-order valence-electron chi connectivity index (χ3n) is 2.85. The van der Waals surface area contributed by atoms with Crippen LogP contribution in [0.5, 0.6) is 0 Å². The van der Waals surface area contributed by atoms with Crippen molar-refractivity contribution in [1.29, 1.82) is 0 Å². The lowest BCUT2D eigenvalue weighted by molar-refractivity contribution is -0.139. The summed E-state index contributed by atoms with van der Waals surface area (Å²) < 4.78 is 0. The van der Waals surface area contributed by atoms with Gasteiger partial charge >= 0.3 is 11.8 Å². The molecule has 5 nitrogen and oxygen atoms in total. The Balaban J connectivity index is 1.88. The highest BCUT2D eigenvalue weighted by Crippen LogP contribution is 2.29. The molecule has 0 aliphatic carbocycles. The zero-order valence-corrected chi connectivity index (χ0v) is 13.4. The van der Waals surface area contributed by atoms with Crippen LogP contribution in [-0.2, 0) is 16.1 Å². The predicted octanol–water partition coefficient (Wildman–Crippen LogP) is 1.81. The monoisotopic (exact) mass is 336 g/mol. The van der Waals surface area contributed by atoms with Crippen LogP contribution in [0.15, 0.2) is 41.6 Å². The molecule has 2 amide bonds. The third-order valence-corrected chi connectivity index (χ3v) is 4.69. The van der Waals surface area contributed by atoms with Gasteiger partial charge in [0, 0.05) is 16.3 Å². The number of amides is 2. The van der Waals surface area contributed by atoms with Gasteiger partial charge in [-0.05, 0) is 34.5 Å². The van der Waals surface area contributed by atoms with Crippen LogP contribution in [0.1, 0.15) is 21.4 Å². The smallest absolute Gasteiger partial charge is 0.309 e. The highest BCUT2D eigenvalue weighted by molar-refractivity contribution is 7.12. The maximum Gasteiger partial charge on any atom is 0.309 e. The van der Waals surface area contributed by atoms with Crippen molar-refractivity contribution in [2.24, 2.45) is 0 Å². The molecular weight excluding hydrogens is 320 g/mol. The number of hydrogen-bond acceptors (Lipinski definition) is 5. The second-order valence-electron chi connectivity index (χ2n) is 4.44. The first kappa shape index (κ1) is 16.4. The molecule has 0 radical (unpaired) electrons. The lowest BCUT2D eigenvalue weighted by Gasteiger charge is -2.05. The lowest BCUT2D eigenvalue weighted by atomic mass is 10.2. The van der Waals surface area contributed by atoms with Gasteiger partial charge < -0.3 is 15.7 Å². The van der Waals surface area contributed by atoms with Crippen molar-refractivity contribution >= 4 is 34.5 Å². The maximum atomic E-state index is 11.5. The van der Waals surface area contributed by atoms with Gasteiger partial charge in [-0.3, -0.25) is 9.59 Å². The van der Waals surface area contributed by atoms with Crippen molar-refractivity contribution in [2.45, 2.75) is 12.6 Å². The van der Waals surface area contributed by atoms with Crippen LogP contribution in [0, 0.1) is 0 Å². The molecule has 0 aromatic carbocycles. The Morgan fingerprint density at radius 3 is 2.73 bits per heavy atom. The number of nitrogens with one attached hydrogen (secondary N) is 2. The summed E-state index contributed by atoms with van der Waals surface area (Å²) in [4.78, 5) is 24.6. The van der Waals surface area contributed by atoms with Gasteiger partial charge in [-0.2, -0.15) is 11.3 Å². The van der Waals surface area contributed by atoms with Crippen molar-refractivity contribution < 1.29 is 14.7 Å². The van der Waals surface area contributed by atoms with Gasteiger partial charge in [0.05, 0.1) is 6.54 Å². The quantitative estimate of drug-likeness (QED) is 0.556. The average molecular weight is 336 g/mol. The number of carbonyl (C=O) groups excluding carboxylic acids is 2. The van der Waals surface area contributed by atoms with E-state index in [1.165, 1.54) is 28.7 Å². The Labute approximate surface area is 136 Å². The molecular formula is C15H16N2O3S2. The first-order valence-electron chi connectivity index (χ1n) is 6.57. The van der Waals surface area contributed by atoms with Crippen LogP contribution in [0.3, 0.4) is 0 Å². The summed E-state index contributed by atoms with van der Waals surface area (Å²) in [6, 6.07) is 5.53. The number of thiophene rings is 2. The van der Waals surface area contributed by atoms with Crippen LogP contribution < -0.4 is 10.6 Å². The van der Waals surface area contributed by atoms with E-state index in [1.54, 1.807) is 0 Å². The summed E-state index contributed by atoms with van der Waals surface area (Å²) in [5, 5.41) is 19.0. The summed E-state index contributed by atoms with van der Waals surface area (Å²) in [5.41, 5.74) is 0.853. The molecule has 1 unspecified atom stereocenters. The minimum Gasteiger partial charge on any atom is -0.383 e. The van der Waals surface area contributed by atoms with Crippen molar-refractivity contribution in [2.75, 3.05) is 6.54 Å². The van der Waals surface area contributed by atoms with E-state index in [0.29, 0.717) is 0 Å². The van der Waals surface area contributed by atoms with Gasteiger partial charge in [-0.1, -0.05) is 6.08 Å². The Hall–Kier alpha value is -1.96. The Morgan fingerprint density at radius 2 is 2.05 bits per heavy atom. The molecule has 0 saturated carbocycles. The zero-order valence-electron chi connectivity index (χ0n) is 11.7. The number of carbonyl (C=O) groups is 2. The number of rotatable bonds is 6. The average Bonchev–Trinajstić information content (AvgIpc) is 3.20. The van der Waals surface area contributed by atoms with E-state index in [9.17, 15) is 14.7 Å². The minimum absolute atomic E-state index is 0.251. The molecule has 0 aliphatic heterocycles. The fourth-order valence-electron chi connectivity index (χ4n) is 1.72. The van der Waals surface area contributed by atoms with Gasteiger partial charge in [-0.15, -0.1) is 17.9 Å². The van der Waals surface area contributed by atoms with Gasteiger partial charge in [0.25, 0.3) is 0 Å². The van der Waals surface area contributed by atoms with Crippen LogP contribution in [0.2, 0.25) is 0 Å². The third kappa shape index (κ3) is 4.27. The maximum absolute atomic E-state index is 11.5. The Bertz CT molecular complexity index is 650. The fraction of sp³-hybridized carbons (Fsp3) is 0.200. The van der Waals surface area contributed by atoms with Crippen molar-refractivity contribution in [3.05, 3.63) is 56.9 Å². The van der Waals surface area contributed by atoms with Gasteiger partial charge in [-0.25, -0.2) is 0 Å². The molecule has 0 saturated heterocycles. The predicted molar refractivity (Wildman–Crippen MR) is 87.8 cm³/mol. The highest BCUT2D eigenvalue weighted by Gasteiger charge is 2.15. The normalized spacial score (nSPS) is 11.7. The summed E-state index contributed by atoms with van der Waals surface area (Å²) in [5.74, 6) is -1.37. The summed E-state index contributed by atoms with van der Waals surface area (Å²) in [6.07, 6.45) is 0.847. The van der Waals surface area contributed by atoms with Gasteiger partial charge in [0.1, 0.15) is 6.10 Å². The van der Waals surface area contributed by atoms with E-state index in [-0.39, 0.29) is 13.1 Å². The minimum atomic E-state index is -0.685. The van der Waals surface area contributed by atoms with E-state index in [4.69, 9.17) is 0 Å². The Morgan fingerprint density at radius 1 is 1.27 bits per heavy atom. The summed E-state index contributed by atoms with van der Waals surface area (Å²) in [6.45, 7) is 3.96. The molecule has 2 heterocycles. The lowest BCUT2D eigenvalue weighted by Crippen LogP contribution is -2.39.